The minimum absolute atomic E-state index is 0.270. The van der Waals surface area contributed by atoms with Gasteiger partial charge in [0.15, 0.2) is 0 Å². The van der Waals surface area contributed by atoms with Gasteiger partial charge in [0, 0.05) is 12.2 Å². The van der Waals surface area contributed by atoms with Gasteiger partial charge in [-0.05, 0) is 25.6 Å². The van der Waals surface area contributed by atoms with Crippen LogP contribution in [0.5, 0.6) is 0 Å². The maximum Gasteiger partial charge on any atom is 0.270 e. The first kappa shape index (κ1) is 11.5. The minimum atomic E-state index is -1.15. The number of nitrogens with zero attached hydrogens (tertiary/aromatic N) is 1. The fraction of sp³-hybridized carbons (Fsp3) is 0.400. The predicted octanol–water partition coefficient (Wildman–Crippen LogP) is 1.51. The molecular weight excluding hydrogens is 206 g/mol. The zero-order chi connectivity index (χ0) is 10.4. The van der Waals surface area contributed by atoms with Gasteiger partial charge in [-0.15, -0.1) is 0 Å². The molecule has 0 aliphatic heterocycles. The van der Waals surface area contributed by atoms with Gasteiger partial charge < -0.3 is 8.68 Å². The van der Waals surface area contributed by atoms with Gasteiger partial charge in [0.25, 0.3) is 9.20 Å². The summed E-state index contributed by atoms with van der Waals surface area (Å²) in [7, 11) is -1.42. The summed E-state index contributed by atoms with van der Waals surface area (Å²) in [5.41, 5.74) is 1.30. The number of hydrogen-bond acceptors (Lipinski definition) is 2. The Morgan fingerprint density at radius 1 is 1.36 bits per heavy atom. The van der Waals surface area contributed by atoms with Crippen molar-refractivity contribution in [3.63, 3.8) is 0 Å². The van der Waals surface area contributed by atoms with Crippen molar-refractivity contribution in [3.8, 4) is 0 Å². The van der Waals surface area contributed by atoms with Crippen LogP contribution in [0.2, 0.25) is 13.1 Å². The molecule has 78 valence electrons. The summed E-state index contributed by atoms with van der Waals surface area (Å²) in [4.78, 5) is 0. The summed E-state index contributed by atoms with van der Waals surface area (Å²) in [6, 6.07) is 10.5. The second-order valence-corrected chi connectivity index (χ2v) is 6.91. The van der Waals surface area contributed by atoms with Crippen LogP contribution in [0.15, 0.2) is 30.3 Å². The highest BCUT2D eigenvalue weighted by atomic mass is 28.4. The van der Waals surface area contributed by atoms with Crippen molar-refractivity contribution in [1.29, 1.82) is 0 Å². The Bertz CT molecular complexity index is 256. The zero-order valence-corrected chi connectivity index (χ0v) is 11.8. The number of anilines is 1. The topological polar surface area (TPSA) is 12.5 Å². The van der Waals surface area contributed by atoms with Gasteiger partial charge in [-0.3, -0.25) is 0 Å². The lowest BCUT2D eigenvalue weighted by Gasteiger charge is -2.28. The summed E-state index contributed by atoms with van der Waals surface area (Å²) >= 11 is 0. The van der Waals surface area contributed by atoms with Crippen molar-refractivity contribution >= 4 is 24.7 Å². The summed E-state index contributed by atoms with van der Waals surface area (Å²) < 4.78 is 8.27. The fourth-order valence-electron chi connectivity index (χ4n) is 1.60. The quantitative estimate of drug-likeness (QED) is 0.705. The SMILES string of the molecule is CCN(c1ccccc1)[SiH](C)O[SiH2]C. The van der Waals surface area contributed by atoms with Crippen molar-refractivity contribution in [2.45, 2.75) is 20.0 Å². The molecule has 14 heavy (non-hydrogen) atoms. The largest absolute Gasteiger partial charge is 0.448 e. The van der Waals surface area contributed by atoms with Crippen LogP contribution in [0.1, 0.15) is 6.92 Å². The summed E-state index contributed by atoms with van der Waals surface area (Å²) in [5.74, 6) is 0. The van der Waals surface area contributed by atoms with E-state index in [1.165, 1.54) is 5.69 Å². The Morgan fingerprint density at radius 3 is 2.50 bits per heavy atom. The lowest BCUT2D eigenvalue weighted by molar-refractivity contribution is 0.612. The van der Waals surface area contributed by atoms with Gasteiger partial charge in [0.1, 0.15) is 9.76 Å². The first-order chi connectivity index (χ1) is 6.79. The van der Waals surface area contributed by atoms with E-state index in [1.54, 1.807) is 0 Å². The van der Waals surface area contributed by atoms with Gasteiger partial charge in [-0.1, -0.05) is 24.7 Å². The molecule has 1 aromatic carbocycles. The molecule has 0 spiro atoms. The molecule has 0 aromatic heterocycles. The van der Waals surface area contributed by atoms with Crippen LogP contribution in [0.25, 0.3) is 0 Å². The van der Waals surface area contributed by atoms with Crippen molar-refractivity contribution in [3.05, 3.63) is 30.3 Å². The lowest BCUT2D eigenvalue weighted by atomic mass is 10.3. The van der Waals surface area contributed by atoms with E-state index in [1.807, 2.05) is 0 Å². The number of para-hydroxylation sites is 1. The molecule has 2 nitrogen and oxygen atoms in total. The van der Waals surface area contributed by atoms with Crippen molar-refractivity contribution in [2.24, 2.45) is 0 Å². The zero-order valence-electron chi connectivity index (χ0n) is 9.23. The number of hydrogen-bond donors (Lipinski definition) is 0. The highest BCUT2D eigenvalue weighted by Gasteiger charge is 2.13. The maximum absolute atomic E-state index is 5.85. The average molecular weight is 225 g/mol. The van der Waals surface area contributed by atoms with Crippen LogP contribution in [0.4, 0.5) is 5.69 Å². The second kappa shape index (κ2) is 6.00. The monoisotopic (exact) mass is 225 g/mol. The van der Waals surface area contributed by atoms with Crippen LogP contribution < -0.4 is 4.57 Å². The van der Waals surface area contributed by atoms with E-state index >= 15 is 0 Å². The molecule has 4 heteroatoms. The first-order valence-electron chi connectivity index (χ1n) is 5.22. The molecule has 0 aliphatic rings. The Labute approximate surface area is 90.6 Å². The first-order valence-corrected chi connectivity index (χ1v) is 9.36. The van der Waals surface area contributed by atoms with Crippen molar-refractivity contribution < 1.29 is 4.12 Å². The van der Waals surface area contributed by atoms with Crippen LogP contribution in [0.3, 0.4) is 0 Å². The van der Waals surface area contributed by atoms with Gasteiger partial charge in [-0.25, -0.2) is 0 Å². The molecule has 1 aromatic rings. The standard InChI is InChI=1S/C10H19NOSi2/c1-4-11(14(3)12-13-2)10-8-6-5-7-9-10/h5-9,14H,4,13H2,1-3H3. The molecule has 0 aliphatic carbocycles. The van der Waals surface area contributed by atoms with E-state index in [4.69, 9.17) is 4.12 Å². The third-order valence-corrected chi connectivity index (χ3v) is 7.08. The average Bonchev–Trinajstić information content (AvgIpc) is 2.21. The molecule has 1 atom stereocenters. The van der Waals surface area contributed by atoms with Crippen LogP contribution in [0, 0.1) is 0 Å². The van der Waals surface area contributed by atoms with E-state index in [0.29, 0.717) is 0 Å². The highest BCUT2D eigenvalue weighted by Crippen LogP contribution is 2.14. The molecule has 1 unspecified atom stereocenters. The predicted molar refractivity (Wildman–Crippen MR) is 68.0 cm³/mol. The van der Waals surface area contributed by atoms with E-state index in [-0.39, 0.29) is 9.76 Å². The molecule has 0 saturated heterocycles. The summed E-state index contributed by atoms with van der Waals surface area (Å²) in [6.07, 6.45) is 0. The highest BCUT2D eigenvalue weighted by molar-refractivity contribution is 6.60. The minimum Gasteiger partial charge on any atom is -0.448 e. The Kier molecular flexibility index (Phi) is 4.93. The van der Waals surface area contributed by atoms with E-state index < -0.39 is 9.20 Å². The summed E-state index contributed by atoms with van der Waals surface area (Å²) in [5, 5.41) is 0. The number of rotatable bonds is 5. The molecular formula is C10H19NOSi2. The molecule has 0 radical (unpaired) electrons. The fourth-order valence-corrected chi connectivity index (χ4v) is 5.36. The molecule has 0 saturated carbocycles. The van der Waals surface area contributed by atoms with Crippen LogP contribution >= 0.6 is 0 Å². The molecule has 0 heterocycles. The van der Waals surface area contributed by atoms with Crippen LogP contribution in [-0.4, -0.2) is 25.5 Å². The lowest BCUT2D eigenvalue weighted by Crippen LogP contribution is -2.40. The Hall–Kier alpha value is -0.586. The normalized spacial score (nSPS) is 13.4. The Morgan fingerprint density at radius 2 is 2.00 bits per heavy atom. The van der Waals surface area contributed by atoms with E-state index in [0.717, 1.165) is 6.54 Å². The second-order valence-electron chi connectivity index (χ2n) is 3.18. The van der Waals surface area contributed by atoms with Crippen molar-refractivity contribution in [2.75, 3.05) is 11.1 Å². The van der Waals surface area contributed by atoms with Gasteiger partial charge >= 0.3 is 0 Å². The number of benzene rings is 1. The van der Waals surface area contributed by atoms with Crippen LogP contribution in [-0.2, 0) is 4.12 Å². The molecule has 0 amide bonds. The summed E-state index contributed by atoms with van der Waals surface area (Å²) in [6.45, 7) is 7.69. The molecule has 0 bridgehead atoms. The van der Waals surface area contributed by atoms with E-state index in [2.05, 4.69) is 54.9 Å². The maximum atomic E-state index is 5.85. The molecule has 0 fully saturated rings. The van der Waals surface area contributed by atoms with E-state index in [9.17, 15) is 0 Å². The van der Waals surface area contributed by atoms with Gasteiger partial charge in [-0.2, -0.15) is 0 Å². The Balaban J connectivity index is 2.71. The van der Waals surface area contributed by atoms with Gasteiger partial charge in [0.05, 0.1) is 0 Å². The van der Waals surface area contributed by atoms with Gasteiger partial charge in [0.2, 0.25) is 0 Å². The third kappa shape index (κ3) is 2.97. The molecule has 1 rings (SSSR count). The third-order valence-electron chi connectivity index (χ3n) is 2.28. The smallest absolute Gasteiger partial charge is 0.270 e. The van der Waals surface area contributed by atoms with Crippen molar-refractivity contribution in [1.82, 2.24) is 0 Å². The molecule has 0 N–H and O–H groups in total.